The fourth-order valence-electron chi connectivity index (χ4n) is 0.767. The molecule has 0 aliphatic carbocycles. The van der Waals surface area contributed by atoms with Crippen LogP contribution >= 0.6 is 0 Å². The number of amides is 1. The molecular weight excluding hydrogens is 158 g/mol. The van der Waals surface area contributed by atoms with E-state index in [1.165, 1.54) is 13.8 Å². The van der Waals surface area contributed by atoms with Crippen LogP contribution in [0.1, 0.15) is 27.2 Å². The molecule has 4 heteroatoms. The predicted molar refractivity (Wildman–Crippen MR) is 44.5 cm³/mol. The summed E-state index contributed by atoms with van der Waals surface area (Å²) in [5, 5.41) is 2.67. The number of carbonyl (C=O) groups excluding carboxylic acids is 2. The van der Waals surface area contributed by atoms with E-state index in [2.05, 4.69) is 5.32 Å². The Morgan fingerprint density at radius 2 is 2.00 bits per heavy atom. The highest BCUT2D eigenvalue weighted by Gasteiger charge is 2.08. The van der Waals surface area contributed by atoms with Gasteiger partial charge >= 0.3 is 5.97 Å². The predicted octanol–water partition coefficient (Wildman–Crippen LogP) is 0.464. The highest BCUT2D eigenvalue weighted by atomic mass is 16.5. The van der Waals surface area contributed by atoms with E-state index in [0.717, 1.165) is 6.42 Å². The smallest absolute Gasteiger partial charge is 0.302 e. The van der Waals surface area contributed by atoms with Gasteiger partial charge in [0.1, 0.15) is 6.61 Å². The number of rotatable bonds is 4. The Hall–Kier alpha value is -1.06. The van der Waals surface area contributed by atoms with E-state index < -0.39 is 0 Å². The molecule has 1 N–H and O–H groups in total. The summed E-state index contributed by atoms with van der Waals surface area (Å²) in [6.07, 6.45) is 0.757. The zero-order chi connectivity index (χ0) is 9.56. The molecule has 0 saturated heterocycles. The number of carbonyl (C=O) groups is 2. The second-order valence-corrected chi connectivity index (χ2v) is 2.61. The fraction of sp³-hybridized carbons (Fsp3) is 0.750. The third kappa shape index (κ3) is 5.70. The molecule has 1 amide bonds. The number of ether oxygens (including phenoxy) is 1. The molecule has 0 aromatic heterocycles. The lowest BCUT2D eigenvalue weighted by Gasteiger charge is -2.14. The van der Waals surface area contributed by atoms with Gasteiger partial charge in [-0.1, -0.05) is 6.92 Å². The highest BCUT2D eigenvalue weighted by molar-refractivity contribution is 5.73. The van der Waals surface area contributed by atoms with Crippen molar-refractivity contribution in [1.82, 2.24) is 5.32 Å². The van der Waals surface area contributed by atoms with Crippen LogP contribution in [0.3, 0.4) is 0 Å². The monoisotopic (exact) mass is 173 g/mol. The second kappa shape index (κ2) is 5.57. The lowest BCUT2D eigenvalue weighted by atomic mass is 10.2. The SMILES string of the molecule is CCC(COC(C)=O)NC(C)=O. The van der Waals surface area contributed by atoms with Crippen LogP contribution in [0.5, 0.6) is 0 Å². The molecule has 0 fully saturated rings. The summed E-state index contributed by atoms with van der Waals surface area (Å²) in [7, 11) is 0. The van der Waals surface area contributed by atoms with Gasteiger partial charge in [0.25, 0.3) is 0 Å². The van der Waals surface area contributed by atoms with Gasteiger partial charge < -0.3 is 10.1 Å². The first kappa shape index (κ1) is 10.9. The van der Waals surface area contributed by atoms with Crippen molar-refractivity contribution < 1.29 is 14.3 Å². The largest absolute Gasteiger partial charge is 0.464 e. The van der Waals surface area contributed by atoms with E-state index in [4.69, 9.17) is 4.74 Å². The molecule has 0 aromatic carbocycles. The molecule has 1 unspecified atom stereocenters. The van der Waals surface area contributed by atoms with Gasteiger partial charge in [0.2, 0.25) is 5.91 Å². The van der Waals surface area contributed by atoms with Crippen LogP contribution in [-0.4, -0.2) is 24.5 Å². The Bertz CT molecular complexity index is 168. The molecule has 0 radical (unpaired) electrons. The van der Waals surface area contributed by atoms with Gasteiger partial charge in [-0.25, -0.2) is 0 Å². The summed E-state index contributed by atoms with van der Waals surface area (Å²) in [5.74, 6) is -0.423. The Morgan fingerprint density at radius 3 is 2.33 bits per heavy atom. The first-order chi connectivity index (χ1) is 5.56. The standard InChI is InChI=1S/C8H15NO3/c1-4-8(9-6(2)10)5-12-7(3)11/h8H,4-5H2,1-3H3,(H,9,10). The maximum absolute atomic E-state index is 10.6. The van der Waals surface area contributed by atoms with Crippen molar-refractivity contribution in [3.8, 4) is 0 Å². The van der Waals surface area contributed by atoms with Gasteiger partial charge in [0, 0.05) is 13.8 Å². The molecule has 12 heavy (non-hydrogen) atoms. The Balaban J connectivity index is 3.67. The quantitative estimate of drug-likeness (QED) is 0.628. The van der Waals surface area contributed by atoms with E-state index in [0.29, 0.717) is 0 Å². The molecule has 0 spiro atoms. The Morgan fingerprint density at radius 1 is 1.42 bits per heavy atom. The molecule has 0 heterocycles. The topological polar surface area (TPSA) is 55.4 Å². The number of hydrogen-bond acceptors (Lipinski definition) is 3. The third-order valence-electron chi connectivity index (χ3n) is 1.39. The van der Waals surface area contributed by atoms with Crippen LogP contribution in [-0.2, 0) is 14.3 Å². The van der Waals surface area contributed by atoms with Gasteiger partial charge in [0.15, 0.2) is 0 Å². The van der Waals surface area contributed by atoms with Crippen LogP contribution in [0.4, 0.5) is 0 Å². The van der Waals surface area contributed by atoms with Crippen molar-refractivity contribution in [3.05, 3.63) is 0 Å². The van der Waals surface area contributed by atoms with E-state index in [-0.39, 0.29) is 24.5 Å². The number of nitrogens with one attached hydrogen (secondary N) is 1. The van der Waals surface area contributed by atoms with E-state index >= 15 is 0 Å². The number of esters is 1. The minimum absolute atomic E-state index is 0.0635. The molecular formula is C8H15NO3. The molecule has 70 valence electrons. The summed E-state index contributed by atoms with van der Waals surface area (Å²) in [4.78, 5) is 21.0. The molecule has 4 nitrogen and oxygen atoms in total. The van der Waals surface area contributed by atoms with Gasteiger partial charge in [0.05, 0.1) is 6.04 Å². The summed E-state index contributed by atoms with van der Waals surface area (Å²) in [5.41, 5.74) is 0. The molecule has 0 bridgehead atoms. The third-order valence-corrected chi connectivity index (χ3v) is 1.39. The first-order valence-corrected chi connectivity index (χ1v) is 3.96. The second-order valence-electron chi connectivity index (χ2n) is 2.61. The van der Waals surface area contributed by atoms with Crippen molar-refractivity contribution in [2.24, 2.45) is 0 Å². The van der Waals surface area contributed by atoms with Gasteiger partial charge in [-0.15, -0.1) is 0 Å². The maximum atomic E-state index is 10.6. The number of hydrogen-bond donors (Lipinski definition) is 1. The fourth-order valence-corrected chi connectivity index (χ4v) is 0.767. The van der Waals surface area contributed by atoms with Gasteiger partial charge in [-0.3, -0.25) is 9.59 Å². The summed E-state index contributed by atoms with van der Waals surface area (Å²) in [6.45, 7) is 4.96. The minimum atomic E-state index is -0.321. The van der Waals surface area contributed by atoms with Crippen LogP contribution in [0.2, 0.25) is 0 Å². The normalized spacial score (nSPS) is 11.9. The van der Waals surface area contributed by atoms with Crippen LogP contribution in [0, 0.1) is 0 Å². The first-order valence-electron chi connectivity index (χ1n) is 3.96. The van der Waals surface area contributed by atoms with Gasteiger partial charge in [-0.2, -0.15) is 0 Å². The van der Waals surface area contributed by atoms with E-state index in [1.807, 2.05) is 6.92 Å². The Labute approximate surface area is 72.3 Å². The van der Waals surface area contributed by atoms with Crippen molar-refractivity contribution >= 4 is 11.9 Å². The maximum Gasteiger partial charge on any atom is 0.302 e. The molecule has 0 aliphatic heterocycles. The molecule has 0 aromatic rings. The van der Waals surface area contributed by atoms with Crippen molar-refractivity contribution in [2.75, 3.05) is 6.61 Å². The molecule has 1 atom stereocenters. The van der Waals surface area contributed by atoms with E-state index in [1.54, 1.807) is 0 Å². The average molecular weight is 173 g/mol. The Kier molecular flexibility index (Phi) is 5.08. The lowest BCUT2D eigenvalue weighted by Crippen LogP contribution is -2.36. The van der Waals surface area contributed by atoms with Crippen molar-refractivity contribution in [3.63, 3.8) is 0 Å². The van der Waals surface area contributed by atoms with E-state index in [9.17, 15) is 9.59 Å². The van der Waals surface area contributed by atoms with Crippen molar-refractivity contribution in [1.29, 1.82) is 0 Å². The van der Waals surface area contributed by atoms with Crippen LogP contribution in [0.25, 0.3) is 0 Å². The zero-order valence-corrected chi connectivity index (χ0v) is 7.72. The summed E-state index contributed by atoms with van der Waals surface area (Å²) in [6, 6.07) is -0.0635. The zero-order valence-electron chi connectivity index (χ0n) is 7.72. The molecule has 0 aliphatic rings. The van der Waals surface area contributed by atoms with Crippen molar-refractivity contribution in [2.45, 2.75) is 33.2 Å². The lowest BCUT2D eigenvalue weighted by molar-refractivity contribution is -0.142. The van der Waals surface area contributed by atoms with Crippen LogP contribution < -0.4 is 5.32 Å². The highest BCUT2D eigenvalue weighted by Crippen LogP contribution is 1.92. The molecule has 0 rings (SSSR count). The minimum Gasteiger partial charge on any atom is -0.464 e. The average Bonchev–Trinajstić information content (AvgIpc) is 1.97. The summed E-state index contributed by atoms with van der Waals surface area (Å²) >= 11 is 0. The van der Waals surface area contributed by atoms with Crippen LogP contribution in [0.15, 0.2) is 0 Å². The van der Waals surface area contributed by atoms with Gasteiger partial charge in [-0.05, 0) is 6.42 Å². The molecule has 0 saturated carbocycles. The summed E-state index contributed by atoms with van der Waals surface area (Å²) < 4.78 is 4.74.